The minimum Gasteiger partial charge on any atom is -0.497 e. The van der Waals surface area contributed by atoms with Crippen molar-refractivity contribution in [1.82, 2.24) is 4.31 Å². The predicted molar refractivity (Wildman–Crippen MR) is 117 cm³/mol. The van der Waals surface area contributed by atoms with Gasteiger partial charge in [-0.1, -0.05) is 25.4 Å². The molecule has 1 heterocycles. The van der Waals surface area contributed by atoms with Crippen molar-refractivity contribution in [1.29, 1.82) is 0 Å². The van der Waals surface area contributed by atoms with Crippen LogP contribution in [0.15, 0.2) is 52.0 Å². The predicted octanol–water partition coefficient (Wildman–Crippen LogP) is 4.31. The van der Waals surface area contributed by atoms with Crippen molar-refractivity contribution in [3.05, 3.63) is 53.2 Å². The van der Waals surface area contributed by atoms with E-state index in [1.54, 1.807) is 33.1 Å². The lowest BCUT2D eigenvalue weighted by Gasteiger charge is -2.19. The van der Waals surface area contributed by atoms with E-state index in [4.69, 9.17) is 20.8 Å². The summed E-state index contributed by atoms with van der Waals surface area (Å²) in [4.78, 5) is 12.7. The summed E-state index contributed by atoms with van der Waals surface area (Å²) in [6.45, 7) is 4.23. The third-order valence-corrected chi connectivity index (χ3v) is 7.14. The van der Waals surface area contributed by atoms with E-state index >= 15 is 0 Å². The molecule has 0 atom stereocenters. The summed E-state index contributed by atoms with van der Waals surface area (Å²) in [6, 6.07) is 9.64. The molecule has 30 heavy (non-hydrogen) atoms. The van der Waals surface area contributed by atoms with E-state index in [1.165, 1.54) is 28.8 Å². The Hall–Kier alpha value is -2.55. The quantitative estimate of drug-likeness (QED) is 0.552. The highest BCUT2D eigenvalue weighted by molar-refractivity contribution is 7.89. The number of hydrogen-bond acceptors (Lipinski definition) is 5. The number of carbonyl (C=O) groups excluding carboxylic acids is 1. The largest absolute Gasteiger partial charge is 0.497 e. The average molecular weight is 451 g/mol. The molecule has 0 spiro atoms. The Kier molecular flexibility index (Phi) is 6.70. The minimum atomic E-state index is -3.67. The molecule has 0 aliphatic heterocycles. The van der Waals surface area contributed by atoms with Crippen LogP contribution >= 0.6 is 11.6 Å². The van der Waals surface area contributed by atoms with E-state index in [0.717, 1.165) is 5.39 Å². The zero-order chi connectivity index (χ0) is 21.9. The Morgan fingerprint density at radius 3 is 2.57 bits per heavy atom. The lowest BCUT2D eigenvalue weighted by molar-refractivity contribution is -0.115. The van der Waals surface area contributed by atoms with Crippen LogP contribution in [0.3, 0.4) is 0 Å². The number of rotatable bonds is 8. The summed E-state index contributed by atoms with van der Waals surface area (Å²) in [5.41, 5.74) is 1.56. The van der Waals surface area contributed by atoms with Crippen LogP contribution in [0.1, 0.15) is 19.4 Å². The van der Waals surface area contributed by atoms with Gasteiger partial charge in [-0.05, 0) is 30.3 Å². The lowest BCUT2D eigenvalue weighted by atomic mass is 10.1. The fraction of sp³-hybridized carbons (Fsp3) is 0.286. The van der Waals surface area contributed by atoms with E-state index in [-0.39, 0.29) is 27.9 Å². The first kappa shape index (κ1) is 22.1. The van der Waals surface area contributed by atoms with Crippen LogP contribution in [-0.4, -0.2) is 38.8 Å². The second-order valence-corrected chi connectivity index (χ2v) is 8.92. The molecule has 0 aliphatic rings. The van der Waals surface area contributed by atoms with Crippen molar-refractivity contribution in [2.45, 2.75) is 25.2 Å². The summed E-state index contributed by atoms with van der Waals surface area (Å²) < 4.78 is 37.5. The minimum absolute atomic E-state index is 0.0443. The van der Waals surface area contributed by atoms with E-state index in [2.05, 4.69) is 5.32 Å². The van der Waals surface area contributed by atoms with Crippen LogP contribution in [0.25, 0.3) is 11.0 Å². The Bertz CT molecular complexity index is 1170. The van der Waals surface area contributed by atoms with Gasteiger partial charge in [-0.2, -0.15) is 4.31 Å². The van der Waals surface area contributed by atoms with Gasteiger partial charge < -0.3 is 14.5 Å². The molecular weight excluding hydrogens is 428 g/mol. The third-order valence-electron chi connectivity index (χ3n) is 4.77. The highest BCUT2D eigenvalue weighted by Crippen LogP contribution is 2.29. The Balaban J connectivity index is 1.82. The fourth-order valence-electron chi connectivity index (χ4n) is 3.17. The van der Waals surface area contributed by atoms with Gasteiger partial charge in [0, 0.05) is 30.1 Å². The molecule has 3 aromatic rings. The van der Waals surface area contributed by atoms with Gasteiger partial charge in [-0.3, -0.25) is 4.79 Å². The van der Waals surface area contributed by atoms with E-state index in [0.29, 0.717) is 30.0 Å². The maximum atomic E-state index is 12.7. The number of furan rings is 1. The Labute approximate surface area is 180 Å². The van der Waals surface area contributed by atoms with Crippen molar-refractivity contribution in [3.63, 3.8) is 0 Å². The molecule has 1 N–H and O–H groups in total. The molecule has 0 saturated carbocycles. The molecule has 2 aromatic carbocycles. The summed E-state index contributed by atoms with van der Waals surface area (Å²) in [6.07, 6.45) is 1.56. The maximum absolute atomic E-state index is 12.7. The molecule has 9 heteroatoms. The van der Waals surface area contributed by atoms with Gasteiger partial charge in [0.05, 0.1) is 35.4 Å². The Morgan fingerprint density at radius 2 is 1.90 bits per heavy atom. The number of benzene rings is 2. The normalized spacial score (nSPS) is 11.8. The molecule has 1 aromatic heterocycles. The number of amides is 1. The van der Waals surface area contributed by atoms with Crippen LogP contribution in [0, 0.1) is 0 Å². The van der Waals surface area contributed by atoms with Gasteiger partial charge in [0.1, 0.15) is 11.3 Å². The molecule has 1 amide bonds. The smallest absolute Gasteiger partial charge is 0.243 e. The van der Waals surface area contributed by atoms with Crippen LogP contribution in [0.2, 0.25) is 5.02 Å². The van der Waals surface area contributed by atoms with Crippen LogP contribution < -0.4 is 10.1 Å². The highest BCUT2D eigenvalue weighted by Gasteiger charge is 2.23. The number of carbonyl (C=O) groups is 1. The fourth-order valence-corrected chi connectivity index (χ4v) is 4.82. The van der Waals surface area contributed by atoms with Gasteiger partial charge in [-0.25, -0.2) is 8.42 Å². The molecular formula is C21H23ClN2O5S. The number of nitrogens with zero attached hydrogens (tertiary/aromatic N) is 1. The number of ether oxygens (including phenoxy) is 1. The molecule has 0 aliphatic carbocycles. The number of anilines is 1. The molecule has 0 unspecified atom stereocenters. The first-order valence-electron chi connectivity index (χ1n) is 9.43. The second kappa shape index (κ2) is 9.07. The van der Waals surface area contributed by atoms with Gasteiger partial charge in [0.2, 0.25) is 15.9 Å². The van der Waals surface area contributed by atoms with E-state index in [1.807, 2.05) is 6.07 Å². The molecule has 7 nitrogen and oxygen atoms in total. The first-order valence-corrected chi connectivity index (χ1v) is 11.3. The zero-order valence-corrected chi connectivity index (χ0v) is 18.5. The van der Waals surface area contributed by atoms with Crippen molar-refractivity contribution in [3.8, 4) is 5.75 Å². The van der Waals surface area contributed by atoms with E-state index in [9.17, 15) is 13.2 Å². The molecule has 0 radical (unpaired) electrons. The van der Waals surface area contributed by atoms with Gasteiger partial charge >= 0.3 is 0 Å². The summed E-state index contributed by atoms with van der Waals surface area (Å²) >= 11 is 6.19. The number of fused-ring (bicyclic) bond motifs is 1. The number of hydrogen-bond donors (Lipinski definition) is 1. The summed E-state index contributed by atoms with van der Waals surface area (Å²) in [5, 5.41) is 3.76. The number of sulfonamides is 1. The van der Waals surface area contributed by atoms with Crippen LogP contribution in [-0.2, 0) is 21.2 Å². The summed E-state index contributed by atoms with van der Waals surface area (Å²) in [5.74, 6) is 0.318. The molecule has 3 rings (SSSR count). The molecule has 160 valence electrons. The van der Waals surface area contributed by atoms with Crippen molar-refractivity contribution >= 4 is 44.2 Å². The lowest BCUT2D eigenvalue weighted by Crippen LogP contribution is -2.30. The molecule has 0 bridgehead atoms. The molecule has 0 saturated heterocycles. The van der Waals surface area contributed by atoms with Crippen LogP contribution in [0.5, 0.6) is 5.75 Å². The van der Waals surface area contributed by atoms with Crippen molar-refractivity contribution in [2.24, 2.45) is 0 Å². The number of methoxy groups -OCH3 is 1. The van der Waals surface area contributed by atoms with Crippen molar-refractivity contribution in [2.75, 3.05) is 25.5 Å². The zero-order valence-electron chi connectivity index (χ0n) is 16.9. The number of nitrogens with one attached hydrogen (secondary N) is 1. The van der Waals surface area contributed by atoms with Crippen molar-refractivity contribution < 1.29 is 22.4 Å². The topological polar surface area (TPSA) is 88.9 Å². The van der Waals surface area contributed by atoms with Gasteiger partial charge in [0.15, 0.2) is 0 Å². The monoisotopic (exact) mass is 450 g/mol. The summed E-state index contributed by atoms with van der Waals surface area (Å²) in [7, 11) is -2.10. The van der Waals surface area contributed by atoms with Gasteiger partial charge in [-0.15, -0.1) is 0 Å². The third kappa shape index (κ3) is 4.45. The maximum Gasteiger partial charge on any atom is 0.243 e. The first-order chi connectivity index (χ1) is 14.3. The number of halogens is 1. The molecule has 0 fully saturated rings. The second-order valence-electron chi connectivity index (χ2n) is 6.58. The van der Waals surface area contributed by atoms with Crippen LogP contribution in [0.4, 0.5) is 5.69 Å². The average Bonchev–Trinajstić information content (AvgIpc) is 3.11. The standard InChI is InChI=1S/C21H23ClN2O5S/c1-4-24(5-2)30(26,27)16-7-9-18(22)19(12-16)23-21(25)10-14-13-29-20-11-15(28-3)6-8-17(14)20/h6-9,11-13H,4-5,10H2,1-3H3,(H,23,25). The van der Waals surface area contributed by atoms with E-state index < -0.39 is 10.0 Å². The SMILES string of the molecule is CCN(CC)S(=O)(=O)c1ccc(Cl)c(NC(=O)Cc2coc3cc(OC)ccc23)c1. The Morgan fingerprint density at radius 1 is 1.17 bits per heavy atom. The van der Waals surface area contributed by atoms with Gasteiger partial charge in [0.25, 0.3) is 0 Å². The highest BCUT2D eigenvalue weighted by atomic mass is 35.5.